The first-order chi connectivity index (χ1) is 11.8. The number of rotatable bonds is 2. The van der Waals surface area contributed by atoms with Gasteiger partial charge < -0.3 is 9.47 Å². The second-order valence-electron chi connectivity index (χ2n) is 3.08. The topological polar surface area (TPSA) is 35.5 Å². The summed E-state index contributed by atoms with van der Waals surface area (Å²) < 4.78 is 9.91. The van der Waals surface area contributed by atoms with Crippen LogP contribution < -0.4 is 9.47 Å². The van der Waals surface area contributed by atoms with Gasteiger partial charge in [-0.25, -0.2) is 4.79 Å². The van der Waals surface area contributed by atoms with Crippen LogP contribution in [-0.4, -0.2) is 6.16 Å². The van der Waals surface area contributed by atoms with Crippen LogP contribution in [0.2, 0.25) is 0 Å². The summed E-state index contributed by atoms with van der Waals surface area (Å²) in [4.78, 5) is 11.3. The average Bonchev–Trinajstić information content (AvgIpc) is 2.70. The Labute approximate surface area is 148 Å². The van der Waals surface area contributed by atoms with Gasteiger partial charge in [0.2, 0.25) is 0 Å². The van der Waals surface area contributed by atoms with Crippen molar-refractivity contribution in [3.8, 4) is 11.5 Å². The molecule has 0 aliphatic rings. The predicted octanol–water partition coefficient (Wildman–Crippen LogP) is 7.37. The maximum Gasteiger partial charge on any atom is 0.519 e. The summed E-state index contributed by atoms with van der Waals surface area (Å²) in [5.41, 5.74) is 0. The molecule has 24 heavy (non-hydrogen) atoms. The third kappa shape index (κ3) is 14.6. The molecule has 0 aromatic heterocycles. The fraction of sp³-hybridized carbons (Fsp3) is 0.381. The number of hydrogen-bond donors (Lipinski definition) is 0. The van der Waals surface area contributed by atoms with Gasteiger partial charge in [0.05, 0.1) is 0 Å². The normalized spacial score (nSPS) is 7.33. The molecule has 2 rings (SSSR count). The molecule has 0 spiro atoms. The maximum atomic E-state index is 11.3. The third-order valence-corrected chi connectivity index (χ3v) is 1.89. The van der Waals surface area contributed by atoms with Crippen LogP contribution in [0.15, 0.2) is 60.7 Å². The van der Waals surface area contributed by atoms with Crippen molar-refractivity contribution >= 4 is 6.16 Å². The number of hydrogen-bond acceptors (Lipinski definition) is 3. The first kappa shape index (κ1) is 26.6. The standard InChI is InChI=1S/C13H10O3.4C2H6/c14-13(15-11-7-3-1-4-8-11)16-12-9-5-2-6-10-12;4*1-2/h1-10H;4*1-2H3. The largest absolute Gasteiger partial charge is 0.519 e. The highest BCUT2D eigenvalue weighted by atomic mass is 16.7. The lowest BCUT2D eigenvalue weighted by atomic mass is 10.3. The number of ether oxygens (including phenoxy) is 2. The highest BCUT2D eigenvalue weighted by Gasteiger charge is 2.06. The minimum absolute atomic E-state index is 0.462. The summed E-state index contributed by atoms with van der Waals surface area (Å²) in [7, 11) is 0. The molecular weight excluding hydrogens is 300 g/mol. The lowest BCUT2D eigenvalue weighted by Gasteiger charge is -2.04. The van der Waals surface area contributed by atoms with Crippen LogP contribution in [-0.2, 0) is 0 Å². The first-order valence-electron chi connectivity index (χ1n) is 8.84. The zero-order valence-electron chi connectivity index (χ0n) is 16.5. The Hall–Kier alpha value is -2.29. The minimum atomic E-state index is -0.739. The molecule has 0 heterocycles. The van der Waals surface area contributed by atoms with E-state index in [1.807, 2.05) is 67.5 Å². The monoisotopic (exact) mass is 334 g/mol. The maximum absolute atomic E-state index is 11.3. The van der Waals surface area contributed by atoms with Gasteiger partial charge in [0.25, 0.3) is 0 Å². The van der Waals surface area contributed by atoms with Gasteiger partial charge >= 0.3 is 6.16 Å². The summed E-state index contributed by atoms with van der Waals surface area (Å²) in [6.45, 7) is 16.0. The van der Waals surface area contributed by atoms with Crippen LogP contribution in [0.5, 0.6) is 11.5 Å². The summed E-state index contributed by atoms with van der Waals surface area (Å²) >= 11 is 0. The Bertz CT molecular complexity index is 410. The molecule has 0 radical (unpaired) electrons. The van der Waals surface area contributed by atoms with Gasteiger partial charge in [-0.15, -0.1) is 0 Å². The summed E-state index contributed by atoms with van der Waals surface area (Å²) in [5, 5.41) is 0. The molecule has 2 aromatic rings. The van der Waals surface area contributed by atoms with Crippen molar-refractivity contribution in [3.05, 3.63) is 60.7 Å². The van der Waals surface area contributed by atoms with Crippen molar-refractivity contribution in [1.82, 2.24) is 0 Å². The zero-order valence-corrected chi connectivity index (χ0v) is 16.5. The molecule has 0 N–H and O–H groups in total. The molecule has 0 aliphatic carbocycles. The van der Waals surface area contributed by atoms with Gasteiger partial charge in [-0.2, -0.15) is 0 Å². The molecule has 0 bridgehead atoms. The molecule has 136 valence electrons. The van der Waals surface area contributed by atoms with Crippen LogP contribution in [0.3, 0.4) is 0 Å². The van der Waals surface area contributed by atoms with Crippen molar-refractivity contribution in [1.29, 1.82) is 0 Å². The molecule has 0 saturated heterocycles. The van der Waals surface area contributed by atoms with E-state index in [1.165, 1.54) is 0 Å². The quantitative estimate of drug-likeness (QED) is 0.425. The Balaban J connectivity index is -0.000000484. The first-order valence-corrected chi connectivity index (χ1v) is 8.84. The van der Waals surface area contributed by atoms with E-state index in [4.69, 9.17) is 9.47 Å². The molecule has 0 unspecified atom stereocenters. The predicted molar refractivity (Wildman–Crippen MR) is 105 cm³/mol. The Morgan fingerprint density at radius 1 is 0.542 bits per heavy atom. The Morgan fingerprint density at radius 2 is 0.792 bits per heavy atom. The van der Waals surface area contributed by atoms with Gasteiger partial charge in [0.15, 0.2) is 0 Å². The zero-order chi connectivity index (χ0) is 19.2. The number of para-hydroxylation sites is 2. The molecule has 3 heteroatoms. The molecule has 3 nitrogen and oxygen atoms in total. The van der Waals surface area contributed by atoms with E-state index in [0.29, 0.717) is 11.5 Å². The molecular formula is C21H34O3. The number of carbonyl (C=O) groups is 1. The summed E-state index contributed by atoms with van der Waals surface area (Å²) in [6.07, 6.45) is -0.739. The van der Waals surface area contributed by atoms with E-state index in [9.17, 15) is 4.79 Å². The van der Waals surface area contributed by atoms with Gasteiger partial charge in [-0.1, -0.05) is 91.8 Å². The average molecular weight is 335 g/mol. The Kier molecular flexibility index (Phi) is 25.5. The fourth-order valence-corrected chi connectivity index (χ4v) is 1.19. The van der Waals surface area contributed by atoms with Crippen LogP contribution in [0.4, 0.5) is 4.79 Å². The van der Waals surface area contributed by atoms with Crippen molar-refractivity contribution in [2.24, 2.45) is 0 Å². The van der Waals surface area contributed by atoms with Crippen LogP contribution in [0, 0.1) is 0 Å². The highest BCUT2D eigenvalue weighted by Crippen LogP contribution is 2.12. The number of benzene rings is 2. The van der Waals surface area contributed by atoms with Crippen molar-refractivity contribution in [3.63, 3.8) is 0 Å². The van der Waals surface area contributed by atoms with Crippen molar-refractivity contribution in [2.75, 3.05) is 0 Å². The lowest BCUT2D eigenvalue weighted by molar-refractivity contribution is 0.152. The lowest BCUT2D eigenvalue weighted by Crippen LogP contribution is -2.13. The molecule has 0 atom stereocenters. The van der Waals surface area contributed by atoms with E-state index in [-0.39, 0.29) is 0 Å². The summed E-state index contributed by atoms with van der Waals surface area (Å²) in [5.74, 6) is 0.923. The second kappa shape index (κ2) is 23.0. The minimum Gasteiger partial charge on any atom is -0.395 e. The van der Waals surface area contributed by atoms with Crippen LogP contribution in [0.25, 0.3) is 0 Å². The fourth-order valence-electron chi connectivity index (χ4n) is 1.19. The SMILES string of the molecule is CC.CC.CC.CC.O=C(Oc1ccccc1)Oc1ccccc1. The molecule has 0 fully saturated rings. The molecule has 0 aliphatic heterocycles. The van der Waals surface area contributed by atoms with E-state index in [1.54, 1.807) is 48.5 Å². The van der Waals surface area contributed by atoms with Gasteiger partial charge in [0.1, 0.15) is 11.5 Å². The van der Waals surface area contributed by atoms with E-state index in [2.05, 4.69) is 0 Å². The smallest absolute Gasteiger partial charge is 0.395 e. The van der Waals surface area contributed by atoms with Gasteiger partial charge in [0, 0.05) is 0 Å². The van der Waals surface area contributed by atoms with E-state index < -0.39 is 6.16 Å². The van der Waals surface area contributed by atoms with Gasteiger partial charge in [-0.3, -0.25) is 0 Å². The van der Waals surface area contributed by atoms with E-state index >= 15 is 0 Å². The van der Waals surface area contributed by atoms with Crippen molar-refractivity contribution < 1.29 is 14.3 Å². The van der Waals surface area contributed by atoms with E-state index in [0.717, 1.165) is 0 Å². The molecule has 0 amide bonds. The van der Waals surface area contributed by atoms with Crippen molar-refractivity contribution in [2.45, 2.75) is 55.4 Å². The van der Waals surface area contributed by atoms with Crippen LogP contribution >= 0.6 is 0 Å². The number of carbonyl (C=O) groups excluding carboxylic acids is 1. The molecule has 0 saturated carbocycles. The van der Waals surface area contributed by atoms with Gasteiger partial charge in [-0.05, 0) is 24.3 Å². The summed E-state index contributed by atoms with van der Waals surface area (Å²) in [6, 6.07) is 17.6. The molecule has 2 aromatic carbocycles. The van der Waals surface area contributed by atoms with Crippen LogP contribution in [0.1, 0.15) is 55.4 Å². The Morgan fingerprint density at radius 3 is 1.04 bits per heavy atom. The highest BCUT2D eigenvalue weighted by molar-refractivity contribution is 5.66. The third-order valence-electron chi connectivity index (χ3n) is 1.89. The second-order valence-corrected chi connectivity index (χ2v) is 3.08.